The quantitative estimate of drug-likeness (QED) is 0.598. The van der Waals surface area contributed by atoms with Crippen molar-refractivity contribution in [1.82, 2.24) is 5.32 Å². The molecule has 1 aliphatic rings. The van der Waals surface area contributed by atoms with E-state index < -0.39 is 0 Å². The fourth-order valence-corrected chi connectivity index (χ4v) is 2.53. The maximum absolute atomic E-state index is 5.43. The summed E-state index contributed by atoms with van der Waals surface area (Å²) >= 11 is 0. The summed E-state index contributed by atoms with van der Waals surface area (Å²) in [5.74, 6) is 0.924. The van der Waals surface area contributed by atoms with Crippen molar-refractivity contribution in [3.8, 4) is 0 Å². The maximum Gasteiger partial charge on any atom is 0.0700 e. The molecule has 0 heterocycles. The lowest BCUT2D eigenvalue weighted by Gasteiger charge is -2.20. The van der Waals surface area contributed by atoms with Crippen LogP contribution in [0.25, 0.3) is 0 Å². The van der Waals surface area contributed by atoms with Gasteiger partial charge < -0.3 is 14.8 Å². The molecule has 0 saturated heterocycles. The molecule has 0 aliphatic heterocycles. The van der Waals surface area contributed by atoms with E-state index >= 15 is 0 Å². The summed E-state index contributed by atoms with van der Waals surface area (Å²) in [7, 11) is 1.71. The van der Waals surface area contributed by atoms with Gasteiger partial charge in [0.1, 0.15) is 0 Å². The Labute approximate surface area is 106 Å². The van der Waals surface area contributed by atoms with Gasteiger partial charge in [-0.25, -0.2) is 0 Å². The highest BCUT2D eigenvalue weighted by Gasteiger charge is 2.20. The highest BCUT2D eigenvalue weighted by atomic mass is 16.5. The second-order valence-electron chi connectivity index (χ2n) is 5.10. The molecule has 17 heavy (non-hydrogen) atoms. The average Bonchev–Trinajstić information content (AvgIpc) is 2.86. The lowest BCUT2D eigenvalue weighted by Crippen LogP contribution is -2.33. The Kier molecular flexibility index (Phi) is 8.67. The number of rotatable bonds is 10. The molecule has 0 aromatic rings. The number of unbranched alkanes of at least 4 members (excludes halogenated alkanes) is 1. The number of hydrogen-bond acceptors (Lipinski definition) is 3. The van der Waals surface area contributed by atoms with E-state index in [1.807, 2.05) is 0 Å². The molecule has 1 atom stereocenters. The Balaban J connectivity index is 1.83. The molecule has 1 unspecified atom stereocenters. The first kappa shape index (κ1) is 14.9. The highest BCUT2D eigenvalue weighted by molar-refractivity contribution is 4.76. The molecule has 0 amide bonds. The summed E-state index contributed by atoms with van der Waals surface area (Å²) in [4.78, 5) is 0. The summed E-state index contributed by atoms with van der Waals surface area (Å²) in [6.07, 6.45) is 8.08. The second kappa shape index (κ2) is 9.86. The fourth-order valence-electron chi connectivity index (χ4n) is 2.53. The van der Waals surface area contributed by atoms with Crippen LogP contribution >= 0.6 is 0 Å². The van der Waals surface area contributed by atoms with Crippen LogP contribution < -0.4 is 5.32 Å². The van der Waals surface area contributed by atoms with E-state index in [2.05, 4.69) is 12.2 Å². The minimum atomic E-state index is 0.701. The first-order chi connectivity index (χ1) is 8.34. The van der Waals surface area contributed by atoms with Gasteiger partial charge in [-0.2, -0.15) is 0 Å². The van der Waals surface area contributed by atoms with Crippen LogP contribution in [-0.2, 0) is 9.47 Å². The molecule has 1 aliphatic carbocycles. The monoisotopic (exact) mass is 243 g/mol. The van der Waals surface area contributed by atoms with Gasteiger partial charge in [0.2, 0.25) is 0 Å². The minimum absolute atomic E-state index is 0.701. The van der Waals surface area contributed by atoms with E-state index in [4.69, 9.17) is 9.47 Å². The molecule has 3 nitrogen and oxygen atoms in total. The van der Waals surface area contributed by atoms with Gasteiger partial charge in [-0.15, -0.1) is 0 Å². The van der Waals surface area contributed by atoms with Crippen molar-refractivity contribution < 1.29 is 9.47 Å². The first-order valence-corrected chi connectivity index (χ1v) is 7.14. The zero-order chi connectivity index (χ0) is 12.3. The van der Waals surface area contributed by atoms with E-state index in [1.165, 1.54) is 32.1 Å². The standard InChI is InChI=1S/C14H29NO2/c1-13(14-7-3-4-8-14)15-9-5-6-10-17-12-11-16-2/h13-15H,3-12H2,1-2H3. The lowest BCUT2D eigenvalue weighted by molar-refractivity contribution is 0.0687. The summed E-state index contributed by atoms with van der Waals surface area (Å²) in [5, 5.41) is 3.65. The van der Waals surface area contributed by atoms with Crippen molar-refractivity contribution in [2.24, 2.45) is 5.92 Å². The smallest absolute Gasteiger partial charge is 0.0700 e. The molecular weight excluding hydrogens is 214 g/mol. The zero-order valence-corrected chi connectivity index (χ0v) is 11.5. The van der Waals surface area contributed by atoms with Crippen molar-refractivity contribution in [3.05, 3.63) is 0 Å². The lowest BCUT2D eigenvalue weighted by atomic mass is 10.00. The molecule has 102 valence electrons. The van der Waals surface area contributed by atoms with E-state index in [0.717, 1.165) is 32.1 Å². The van der Waals surface area contributed by atoms with Gasteiger partial charge in [-0.1, -0.05) is 12.8 Å². The molecule has 0 aromatic heterocycles. The Morgan fingerprint density at radius 2 is 1.88 bits per heavy atom. The van der Waals surface area contributed by atoms with E-state index in [-0.39, 0.29) is 0 Å². The molecule has 0 spiro atoms. The third kappa shape index (κ3) is 7.02. The largest absolute Gasteiger partial charge is 0.382 e. The van der Waals surface area contributed by atoms with Crippen molar-refractivity contribution in [2.75, 3.05) is 33.5 Å². The second-order valence-corrected chi connectivity index (χ2v) is 5.10. The zero-order valence-electron chi connectivity index (χ0n) is 11.5. The third-order valence-corrected chi connectivity index (χ3v) is 3.72. The predicted octanol–water partition coefficient (Wildman–Crippen LogP) is 2.60. The Bertz CT molecular complexity index is 170. The van der Waals surface area contributed by atoms with Crippen molar-refractivity contribution >= 4 is 0 Å². The van der Waals surface area contributed by atoms with Crippen LogP contribution in [0, 0.1) is 5.92 Å². The van der Waals surface area contributed by atoms with Gasteiger partial charge in [-0.3, -0.25) is 0 Å². The van der Waals surface area contributed by atoms with Crippen LogP contribution in [0.15, 0.2) is 0 Å². The predicted molar refractivity (Wildman–Crippen MR) is 71.4 cm³/mol. The number of ether oxygens (including phenoxy) is 2. The van der Waals surface area contributed by atoms with E-state index in [1.54, 1.807) is 7.11 Å². The average molecular weight is 243 g/mol. The van der Waals surface area contributed by atoms with Gasteiger partial charge in [-0.05, 0) is 45.1 Å². The van der Waals surface area contributed by atoms with Crippen molar-refractivity contribution in [3.63, 3.8) is 0 Å². The van der Waals surface area contributed by atoms with Crippen LogP contribution in [0.5, 0.6) is 0 Å². The van der Waals surface area contributed by atoms with Crippen LogP contribution in [0.1, 0.15) is 45.4 Å². The topological polar surface area (TPSA) is 30.5 Å². The Morgan fingerprint density at radius 1 is 1.12 bits per heavy atom. The summed E-state index contributed by atoms with van der Waals surface area (Å²) in [6, 6.07) is 0.701. The SMILES string of the molecule is COCCOCCCCNC(C)C1CCCC1. The van der Waals surface area contributed by atoms with Gasteiger partial charge >= 0.3 is 0 Å². The maximum atomic E-state index is 5.43. The summed E-state index contributed by atoms with van der Waals surface area (Å²) in [6.45, 7) is 5.76. The molecule has 0 bridgehead atoms. The number of hydrogen-bond donors (Lipinski definition) is 1. The minimum Gasteiger partial charge on any atom is -0.382 e. The van der Waals surface area contributed by atoms with Gasteiger partial charge in [0.05, 0.1) is 13.2 Å². The number of methoxy groups -OCH3 is 1. The summed E-state index contributed by atoms with van der Waals surface area (Å²) in [5.41, 5.74) is 0. The van der Waals surface area contributed by atoms with E-state index in [9.17, 15) is 0 Å². The molecule has 0 radical (unpaired) electrons. The van der Waals surface area contributed by atoms with Crippen molar-refractivity contribution in [2.45, 2.75) is 51.5 Å². The molecule has 1 saturated carbocycles. The van der Waals surface area contributed by atoms with Crippen molar-refractivity contribution in [1.29, 1.82) is 0 Å². The van der Waals surface area contributed by atoms with Crippen LogP contribution in [0.3, 0.4) is 0 Å². The summed E-state index contributed by atoms with van der Waals surface area (Å²) < 4.78 is 10.3. The Hall–Kier alpha value is -0.120. The first-order valence-electron chi connectivity index (χ1n) is 7.14. The van der Waals surface area contributed by atoms with Crippen LogP contribution in [0.4, 0.5) is 0 Å². The van der Waals surface area contributed by atoms with Gasteiger partial charge in [0.15, 0.2) is 0 Å². The molecule has 1 N–H and O–H groups in total. The Morgan fingerprint density at radius 3 is 2.59 bits per heavy atom. The highest BCUT2D eigenvalue weighted by Crippen LogP contribution is 2.27. The van der Waals surface area contributed by atoms with E-state index in [0.29, 0.717) is 12.6 Å². The molecule has 3 heteroatoms. The molecule has 1 fully saturated rings. The normalized spacial score (nSPS) is 18.7. The number of nitrogens with one attached hydrogen (secondary N) is 1. The fraction of sp³-hybridized carbons (Fsp3) is 1.00. The van der Waals surface area contributed by atoms with Crippen LogP contribution in [-0.4, -0.2) is 39.5 Å². The molecular formula is C14H29NO2. The van der Waals surface area contributed by atoms with Gasteiger partial charge in [0.25, 0.3) is 0 Å². The van der Waals surface area contributed by atoms with Crippen LogP contribution in [0.2, 0.25) is 0 Å². The molecule has 0 aromatic carbocycles. The van der Waals surface area contributed by atoms with Gasteiger partial charge in [0, 0.05) is 19.8 Å². The third-order valence-electron chi connectivity index (χ3n) is 3.72. The molecule has 1 rings (SSSR count).